The molecule has 2 heterocycles. The third-order valence-corrected chi connectivity index (χ3v) is 6.10. The number of rotatable bonds is 4. The van der Waals surface area contributed by atoms with Crippen molar-refractivity contribution in [1.82, 2.24) is 14.1 Å². The lowest BCUT2D eigenvalue weighted by atomic mass is 10.0. The highest BCUT2D eigenvalue weighted by Crippen LogP contribution is 2.30. The number of allylic oxidation sites excluding steroid dienone is 4. The number of halogens is 1. The summed E-state index contributed by atoms with van der Waals surface area (Å²) in [5.74, 6) is -0.283. The van der Waals surface area contributed by atoms with E-state index in [1.54, 1.807) is 25.2 Å². The van der Waals surface area contributed by atoms with Crippen molar-refractivity contribution in [2.75, 3.05) is 5.32 Å². The average Bonchev–Trinajstić information content (AvgIpc) is 3.19. The van der Waals surface area contributed by atoms with Gasteiger partial charge in [-0.05, 0) is 36.1 Å². The van der Waals surface area contributed by atoms with Crippen molar-refractivity contribution < 1.29 is 4.79 Å². The lowest BCUT2D eigenvalue weighted by Crippen LogP contribution is -2.37. The molecule has 3 aromatic rings. The Morgan fingerprint density at radius 3 is 2.83 bits per heavy atom. The van der Waals surface area contributed by atoms with E-state index in [2.05, 4.69) is 10.3 Å². The van der Waals surface area contributed by atoms with E-state index >= 15 is 0 Å². The second-order valence-electron chi connectivity index (χ2n) is 7.08. The minimum Gasteiger partial charge on any atom is -0.302 e. The van der Waals surface area contributed by atoms with Crippen LogP contribution in [0.25, 0.3) is 16.5 Å². The van der Waals surface area contributed by atoms with E-state index < -0.39 is 11.2 Å². The summed E-state index contributed by atoms with van der Waals surface area (Å²) < 4.78 is 2.46. The van der Waals surface area contributed by atoms with Crippen molar-refractivity contribution in [3.8, 4) is 0 Å². The van der Waals surface area contributed by atoms with Crippen LogP contribution in [0.4, 0.5) is 5.13 Å². The van der Waals surface area contributed by atoms with Crippen LogP contribution in [-0.2, 0) is 25.3 Å². The molecular formula is C21H19ClN4O3S. The molecule has 0 atom stereocenters. The van der Waals surface area contributed by atoms with Gasteiger partial charge < -0.3 is 5.32 Å². The van der Waals surface area contributed by atoms with E-state index in [1.165, 1.54) is 23.0 Å². The second-order valence-corrected chi connectivity index (χ2v) is 8.37. The SMILES string of the molecule is Cn1c(=O)c2c(CC(=O)Nc3nc(C4=CC(Cl)=CCC4)cs3)cccc2n(C)c1=O. The zero-order valence-corrected chi connectivity index (χ0v) is 18.0. The molecular weight excluding hydrogens is 424 g/mol. The number of nitrogens with zero attached hydrogens (tertiary/aromatic N) is 3. The summed E-state index contributed by atoms with van der Waals surface area (Å²) in [5, 5.41) is 6.24. The van der Waals surface area contributed by atoms with E-state index in [0.29, 0.717) is 26.6 Å². The van der Waals surface area contributed by atoms with Gasteiger partial charge in [-0.2, -0.15) is 0 Å². The molecule has 4 rings (SSSR count). The monoisotopic (exact) mass is 442 g/mol. The van der Waals surface area contributed by atoms with Crippen LogP contribution in [-0.4, -0.2) is 20.0 Å². The Kier molecular flexibility index (Phi) is 5.44. The highest BCUT2D eigenvalue weighted by molar-refractivity contribution is 7.14. The number of hydrogen-bond acceptors (Lipinski definition) is 5. The van der Waals surface area contributed by atoms with Crippen molar-refractivity contribution >= 4 is 50.5 Å². The van der Waals surface area contributed by atoms with E-state index in [-0.39, 0.29) is 12.3 Å². The van der Waals surface area contributed by atoms with Gasteiger partial charge in [0.1, 0.15) is 0 Å². The van der Waals surface area contributed by atoms with Gasteiger partial charge in [-0.25, -0.2) is 9.78 Å². The van der Waals surface area contributed by atoms with Crippen molar-refractivity contribution in [3.05, 3.63) is 72.9 Å². The van der Waals surface area contributed by atoms with Crippen LogP contribution in [0.2, 0.25) is 0 Å². The van der Waals surface area contributed by atoms with Crippen LogP contribution in [0.15, 0.2) is 50.4 Å². The van der Waals surface area contributed by atoms with Gasteiger partial charge >= 0.3 is 5.69 Å². The largest absolute Gasteiger partial charge is 0.330 e. The number of aryl methyl sites for hydroxylation is 1. The van der Waals surface area contributed by atoms with Gasteiger partial charge in [0.2, 0.25) is 5.91 Å². The maximum Gasteiger partial charge on any atom is 0.330 e. The molecule has 0 spiro atoms. The smallest absolute Gasteiger partial charge is 0.302 e. The molecule has 30 heavy (non-hydrogen) atoms. The number of amides is 1. The summed E-state index contributed by atoms with van der Waals surface area (Å²) >= 11 is 7.42. The number of nitrogens with one attached hydrogen (secondary N) is 1. The fraction of sp³-hybridized carbons (Fsp3) is 0.238. The van der Waals surface area contributed by atoms with E-state index in [1.807, 2.05) is 17.5 Å². The van der Waals surface area contributed by atoms with E-state index in [9.17, 15) is 14.4 Å². The standard InChI is InChI=1S/C21H19ClN4O3S/c1-25-16-8-4-6-13(18(16)19(28)26(2)21(25)29)10-17(27)24-20-23-15(11-30-20)12-5-3-7-14(22)9-12/h4,6-9,11H,3,5,10H2,1-2H3,(H,23,24,27). The minimum absolute atomic E-state index is 0.00302. The molecule has 0 saturated carbocycles. The average molecular weight is 443 g/mol. The van der Waals surface area contributed by atoms with Crippen molar-refractivity contribution in [2.24, 2.45) is 14.1 Å². The van der Waals surface area contributed by atoms with Crippen LogP contribution in [0.5, 0.6) is 0 Å². The highest BCUT2D eigenvalue weighted by atomic mass is 35.5. The molecule has 1 aliphatic carbocycles. The zero-order valence-electron chi connectivity index (χ0n) is 16.4. The number of aromatic nitrogens is 3. The lowest BCUT2D eigenvalue weighted by Gasteiger charge is -2.11. The predicted molar refractivity (Wildman–Crippen MR) is 120 cm³/mol. The number of hydrogen-bond donors (Lipinski definition) is 1. The zero-order chi connectivity index (χ0) is 21.4. The third kappa shape index (κ3) is 3.76. The molecule has 1 amide bonds. The van der Waals surface area contributed by atoms with Gasteiger partial charge in [0.15, 0.2) is 5.13 Å². The first kappa shape index (κ1) is 20.3. The van der Waals surface area contributed by atoms with Gasteiger partial charge in [0.05, 0.1) is 23.0 Å². The molecule has 0 saturated heterocycles. The second kappa shape index (κ2) is 8.04. The maximum absolute atomic E-state index is 12.7. The Morgan fingerprint density at radius 1 is 1.27 bits per heavy atom. The third-order valence-electron chi connectivity index (χ3n) is 5.08. The molecule has 1 aromatic carbocycles. The first-order valence-corrected chi connectivity index (χ1v) is 10.6. The van der Waals surface area contributed by atoms with Gasteiger partial charge in [0.25, 0.3) is 5.56 Å². The molecule has 0 radical (unpaired) electrons. The Bertz CT molecular complexity index is 1350. The van der Waals surface area contributed by atoms with Crippen LogP contribution >= 0.6 is 22.9 Å². The van der Waals surface area contributed by atoms with Gasteiger partial charge in [-0.1, -0.05) is 29.8 Å². The van der Waals surface area contributed by atoms with Crippen molar-refractivity contribution in [2.45, 2.75) is 19.3 Å². The number of anilines is 1. The van der Waals surface area contributed by atoms with Gasteiger partial charge in [0, 0.05) is 24.5 Å². The number of benzene rings is 1. The first-order chi connectivity index (χ1) is 14.3. The Hall–Kier alpha value is -2.97. The van der Waals surface area contributed by atoms with E-state index in [4.69, 9.17) is 11.6 Å². The number of thiazole rings is 1. The first-order valence-electron chi connectivity index (χ1n) is 9.34. The Balaban J connectivity index is 1.59. The van der Waals surface area contributed by atoms with Crippen LogP contribution in [0.3, 0.4) is 0 Å². The molecule has 0 fully saturated rings. The summed E-state index contributed by atoms with van der Waals surface area (Å²) in [4.78, 5) is 41.9. The molecule has 2 aromatic heterocycles. The molecule has 154 valence electrons. The number of carbonyl (C=O) groups is 1. The summed E-state index contributed by atoms with van der Waals surface area (Å²) in [7, 11) is 3.03. The normalized spacial score (nSPS) is 13.8. The molecule has 0 aliphatic heterocycles. The van der Waals surface area contributed by atoms with Crippen LogP contribution in [0, 0.1) is 0 Å². The number of fused-ring (bicyclic) bond motifs is 1. The summed E-state index contributed by atoms with van der Waals surface area (Å²) in [6.07, 6.45) is 5.57. The van der Waals surface area contributed by atoms with Gasteiger partial charge in [-0.15, -0.1) is 11.3 Å². The van der Waals surface area contributed by atoms with Crippen molar-refractivity contribution in [1.29, 1.82) is 0 Å². The summed E-state index contributed by atoms with van der Waals surface area (Å²) in [6.45, 7) is 0. The van der Waals surface area contributed by atoms with E-state index in [0.717, 1.165) is 28.7 Å². The van der Waals surface area contributed by atoms with Crippen molar-refractivity contribution in [3.63, 3.8) is 0 Å². The Morgan fingerprint density at radius 2 is 2.07 bits per heavy atom. The predicted octanol–water partition coefficient (Wildman–Crippen LogP) is 3.17. The Labute approximate surface area is 180 Å². The molecule has 9 heteroatoms. The lowest BCUT2D eigenvalue weighted by molar-refractivity contribution is -0.115. The molecule has 7 nitrogen and oxygen atoms in total. The molecule has 1 aliphatic rings. The molecule has 0 unspecified atom stereocenters. The quantitative estimate of drug-likeness (QED) is 0.672. The van der Waals surface area contributed by atoms with Gasteiger partial charge in [-0.3, -0.25) is 18.7 Å². The fourth-order valence-electron chi connectivity index (χ4n) is 3.52. The summed E-state index contributed by atoms with van der Waals surface area (Å²) in [5.41, 5.74) is 2.08. The summed E-state index contributed by atoms with van der Waals surface area (Å²) in [6, 6.07) is 5.16. The fourth-order valence-corrected chi connectivity index (χ4v) is 4.52. The van der Waals surface area contributed by atoms with Crippen LogP contribution in [0.1, 0.15) is 24.1 Å². The molecule has 0 bridgehead atoms. The topological polar surface area (TPSA) is 86.0 Å². The van der Waals surface area contributed by atoms with Crippen LogP contribution < -0.4 is 16.6 Å². The molecule has 1 N–H and O–H groups in total. The number of carbonyl (C=O) groups excluding carboxylic acids is 1. The highest BCUT2D eigenvalue weighted by Gasteiger charge is 2.16. The minimum atomic E-state index is -0.415. The maximum atomic E-state index is 12.7.